The summed E-state index contributed by atoms with van der Waals surface area (Å²) in [4.78, 5) is 11.6. The third-order valence-corrected chi connectivity index (χ3v) is 4.76. The summed E-state index contributed by atoms with van der Waals surface area (Å²) in [7, 11) is 0. The molecule has 1 heterocycles. The molecule has 1 aliphatic heterocycles. The zero-order chi connectivity index (χ0) is 18.6. The van der Waals surface area contributed by atoms with Crippen molar-refractivity contribution in [3.63, 3.8) is 0 Å². The predicted molar refractivity (Wildman–Crippen MR) is 106 cm³/mol. The van der Waals surface area contributed by atoms with Crippen LogP contribution in [0.3, 0.4) is 0 Å². The maximum atomic E-state index is 11.6. The van der Waals surface area contributed by atoms with Gasteiger partial charge in [-0.1, -0.05) is 58.4 Å². The Kier molecular flexibility index (Phi) is 9.36. The van der Waals surface area contributed by atoms with E-state index in [-0.39, 0.29) is 5.91 Å². The summed E-state index contributed by atoms with van der Waals surface area (Å²) < 4.78 is 10.8. The second-order valence-electron chi connectivity index (χ2n) is 7.71. The fourth-order valence-electron chi connectivity index (χ4n) is 3.18. The van der Waals surface area contributed by atoms with E-state index in [0.717, 1.165) is 30.9 Å². The lowest BCUT2D eigenvalue weighted by Crippen LogP contribution is -2.26. The Morgan fingerprint density at radius 1 is 0.962 bits per heavy atom. The number of carbonyl (C=O) groups is 1. The summed E-state index contributed by atoms with van der Waals surface area (Å²) in [6.07, 6.45) is 11.7. The van der Waals surface area contributed by atoms with Gasteiger partial charge in [-0.3, -0.25) is 4.79 Å². The van der Waals surface area contributed by atoms with Gasteiger partial charge in [0.15, 0.2) is 11.5 Å². The van der Waals surface area contributed by atoms with Crippen LogP contribution in [0.2, 0.25) is 0 Å². The fraction of sp³-hybridized carbons (Fsp3) is 0.682. The SMILES string of the molecule is CC(C)CNC(=O)CCCCCCCCCCc1ccc2c(c1)OCO2. The molecule has 0 radical (unpaired) electrons. The first-order valence-electron chi connectivity index (χ1n) is 10.3. The van der Waals surface area contributed by atoms with Crippen LogP contribution in [0.1, 0.15) is 77.2 Å². The number of benzene rings is 1. The maximum Gasteiger partial charge on any atom is 0.231 e. The van der Waals surface area contributed by atoms with Gasteiger partial charge in [0.1, 0.15) is 0 Å². The summed E-state index contributed by atoms with van der Waals surface area (Å²) in [6.45, 7) is 5.39. The van der Waals surface area contributed by atoms with Gasteiger partial charge in [0.25, 0.3) is 0 Å². The van der Waals surface area contributed by atoms with Crippen molar-refractivity contribution >= 4 is 5.91 Å². The molecule has 26 heavy (non-hydrogen) atoms. The molecule has 0 unspecified atom stereocenters. The van der Waals surface area contributed by atoms with Gasteiger partial charge >= 0.3 is 0 Å². The molecule has 1 aromatic rings. The van der Waals surface area contributed by atoms with Crippen LogP contribution in [0.15, 0.2) is 18.2 Å². The van der Waals surface area contributed by atoms with E-state index in [1.54, 1.807) is 0 Å². The molecule has 1 aliphatic rings. The molecule has 1 amide bonds. The number of amides is 1. The van der Waals surface area contributed by atoms with E-state index < -0.39 is 0 Å². The number of rotatable bonds is 13. The first kappa shape index (κ1) is 20.6. The Bertz CT molecular complexity index is 542. The standard InChI is InChI=1S/C22H35NO3/c1-18(2)16-23-22(24)12-10-8-6-4-3-5-7-9-11-19-13-14-20-21(15-19)26-17-25-20/h13-15,18H,3-12,16-17H2,1-2H3,(H,23,24). The predicted octanol–water partition coefficient (Wildman–Crippen LogP) is 5.24. The Morgan fingerprint density at radius 3 is 2.35 bits per heavy atom. The number of fused-ring (bicyclic) bond motifs is 1. The van der Waals surface area contributed by atoms with Crippen LogP contribution in [0.5, 0.6) is 11.5 Å². The molecule has 4 nitrogen and oxygen atoms in total. The van der Waals surface area contributed by atoms with Crippen LogP contribution in [0, 0.1) is 5.92 Å². The lowest BCUT2D eigenvalue weighted by Gasteiger charge is -2.07. The van der Waals surface area contributed by atoms with Crippen molar-refractivity contribution in [2.24, 2.45) is 5.92 Å². The van der Waals surface area contributed by atoms with Gasteiger partial charge in [0, 0.05) is 13.0 Å². The summed E-state index contributed by atoms with van der Waals surface area (Å²) in [6, 6.07) is 6.27. The smallest absolute Gasteiger partial charge is 0.231 e. The molecule has 0 aliphatic carbocycles. The molecule has 0 saturated carbocycles. The van der Waals surface area contributed by atoms with Gasteiger partial charge in [-0.15, -0.1) is 0 Å². The highest BCUT2D eigenvalue weighted by atomic mass is 16.7. The van der Waals surface area contributed by atoms with E-state index in [9.17, 15) is 4.79 Å². The summed E-state index contributed by atoms with van der Waals surface area (Å²) in [5, 5.41) is 2.98. The lowest BCUT2D eigenvalue weighted by molar-refractivity contribution is -0.121. The molecule has 0 bridgehead atoms. The average Bonchev–Trinajstić information content (AvgIpc) is 3.09. The topological polar surface area (TPSA) is 47.6 Å². The molecule has 0 aromatic heterocycles. The first-order chi connectivity index (χ1) is 12.6. The molecule has 1 N–H and O–H groups in total. The van der Waals surface area contributed by atoms with Gasteiger partial charge < -0.3 is 14.8 Å². The number of carbonyl (C=O) groups excluding carboxylic acids is 1. The molecule has 0 atom stereocenters. The Hall–Kier alpha value is -1.71. The Morgan fingerprint density at radius 2 is 1.62 bits per heavy atom. The van der Waals surface area contributed by atoms with Crippen LogP contribution in [0.25, 0.3) is 0 Å². The van der Waals surface area contributed by atoms with Crippen molar-refractivity contribution in [3.05, 3.63) is 23.8 Å². The van der Waals surface area contributed by atoms with Crippen LogP contribution >= 0.6 is 0 Å². The van der Waals surface area contributed by atoms with Gasteiger partial charge in [-0.05, 0) is 42.9 Å². The highest BCUT2D eigenvalue weighted by molar-refractivity contribution is 5.75. The minimum absolute atomic E-state index is 0.210. The molecule has 1 aromatic carbocycles. The average molecular weight is 362 g/mol. The van der Waals surface area contributed by atoms with Crippen molar-refractivity contribution in [1.29, 1.82) is 0 Å². The summed E-state index contributed by atoms with van der Waals surface area (Å²) in [5.41, 5.74) is 1.34. The highest BCUT2D eigenvalue weighted by Gasteiger charge is 2.12. The highest BCUT2D eigenvalue weighted by Crippen LogP contribution is 2.32. The number of aryl methyl sites for hydroxylation is 1. The van der Waals surface area contributed by atoms with E-state index in [4.69, 9.17) is 9.47 Å². The number of hydrogen-bond donors (Lipinski definition) is 1. The quantitative estimate of drug-likeness (QED) is 0.489. The van der Waals surface area contributed by atoms with E-state index in [2.05, 4.69) is 31.3 Å². The molecular weight excluding hydrogens is 326 g/mol. The zero-order valence-electron chi connectivity index (χ0n) is 16.5. The third-order valence-electron chi connectivity index (χ3n) is 4.76. The second-order valence-corrected chi connectivity index (χ2v) is 7.71. The van der Waals surface area contributed by atoms with Gasteiger partial charge in [0.05, 0.1) is 0 Å². The largest absolute Gasteiger partial charge is 0.454 e. The van der Waals surface area contributed by atoms with Crippen molar-refractivity contribution in [2.75, 3.05) is 13.3 Å². The number of nitrogens with one attached hydrogen (secondary N) is 1. The van der Waals surface area contributed by atoms with Crippen LogP contribution < -0.4 is 14.8 Å². The van der Waals surface area contributed by atoms with Crippen molar-refractivity contribution in [3.8, 4) is 11.5 Å². The summed E-state index contributed by atoms with van der Waals surface area (Å²) >= 11 is 0. The van der Waals surface area contributed by atoms with Crippen LogP contribution in [0.4, 0.5) is 0 Å². The maximum absolute atomic E-state index is 11.6. The van der Waals surface area contributed by atoms with E-state index in [1.165, 1.54) is 50.5 Å². The lowest BCUT2D eigenvalue weighted by atomic mass is 10.0. The molecule has 4 heteroatoms. The van der Waals surface area contributed by atoms with E-state index >= 15 is 0 Å². The van der Waals surface area contributed by atoms with Crippen molar-refractivity contribution < 1.29 is 14.3 Å². The monoisotopic (exact) mass is 361 g/mol. The molecular formula is C22H35NO3. The number of unbranched alkanes of at least 4 members (excludes halogenated alkanes) is 7. The molecule has 0 saturated heterocycles. The van der Waals surface area contributed by atoms with Crippen LogP contribution in [-0.2, 0) is 11.2 Å². The van der Waals surface area contributed by atoms with Gasteiger partial charge in [-0.25, -0.2) is 0 Å². The molecule has 146 valence electrons. The molecule has 0 fully saturated rings. The van der Waals surface area contributed by atoms with Crippen molar-refractivity contribution in [1.82, 2.24) is 5.32 Å². The van der Waals surface area contributed by atoms with E-state index in [1.807, 2.05) is 6.07 Å². The molecule has 0 spiro atoms. The van der Waals surface area contributed by atoms with Crippen LogP contribution in [-0.4, -0.2) is 19.2 Å². The van der Waals surface area contributed by atoms with Gasteiger partial charge in [0.2, 0.25) is 12.7 Å². The second kappa shape index (κ2) is 11.8. The fourth-order valence-corrected chi connectivity index (χ4v) is 3.18. The van der Waals surface area contributed by atoms with Gasteiger partial charge in [-0.2, -0.15) is 0 Å². The number of ether oxygens (including phenoxy) is 2. The minimum atomic E-state index is 0.210. The minimum Gasteiger partial charge on any atom is -0.454 e. The normalized spacial score (nSPS) is 12.6. The summed E-state index contributed by atoms with van der Waals surface area (Å²) in [5.74, 6) is 2.50. The Balaban J connectivity index is 1.39. The third kappa shape index (κ3) is 8.11. The van der Waals surface area contributed by atoms with Crippen molar-refractivity contribution in [2.45, 2.75) is 78.1 Å². The number of hydrogen-bond acceptors (Lipinski definition) is 3. The van der Waals surface area contributed by atoms with E-state index in [0.29, 0.717) is 19.1 Å². The molecule has 2 rings (SSSR count). The zero-order valence-corrected chi connectivity index (χ0v) is 16.5. The Labute approximate surface area is 158 Å². The first-order valence-corrected chi connectivity index (χ1v) is 10.3.